The first-order chi connectivity index (χ1) is 5.24. The van der Waals surface area contributed by atoms with Gasteiger partial charge in [0, 0.05) is 0 Å². The van der Waals surface area contributed by atoms with Gasteiger partial charge in [0.2, 0.25) is 0 Å². The number of rotatable bonds is 3. The van der Waals surface area contributed by atoms with E-state index in [0.717, 1.165) is 12.3 Å². The summed E-state index contributed by atoms with van der Waals surface area (Å²) in [5.41, 5.74) is 1.79. The zero-order valence-corrected chi connectivity index (χ0v) is 9.57. The van der Waals surface area contributed by atoms with Crippen LogP contribution in [0.1, 0.15) is 48.0 Å². The first kappa shape index (κ1) is 11.7. The lowest BCUT2D eigenvalue weighted by Gasteiger charge is -2.25. The van der Waals surface area contributed by atoms with E-state index < -0.39 is 0 Å². The molecule has 0 aromatic carbocycles. The van der Waals surface area contributed by atoms with Crippen molar-refractivity contribution in [2.75, 3.05) is 0 Å². The fraction of sp³-hybridized carbons (Fsp3) is 0.833. The molecule has 1 unspecified atom stereocenters. The van der Waals surface area contributed by atoms with Crippen molar-refractivity contribution < 1.29 is 0 Å². The molecule has 0 rings (SSSR count). The van der Waals surface area contributed by atoms with Crippen molar-refractivity contribution in [3.8, 4) is 0 Å². The molecule has 0 aliphatic heterocycles. The second-order valence-electron chi connectivity index (χ2n) is 5.43. The van der Waals surface area contributed by atoms with Crippen molar-refractivity contribution in [2.24, 2.45) is 17.3 Å². The molecule has 0 aliphatic carbocycles. The van der Waals surface area contributed by atoms with Gasteiger partial charge in [0.15, 0.2) is 0 Å². The molecule has 1 atom stereocenters. The molecule has 0 aromatic rings. The van der Waals surface area contributed by atoms with Gasteiger partial charge in [0.1, 0.15) is 0 Å². The lowest BCUT2D eigenvalue weighted by atomic mass is 9.80. The van der Waals surface area contributed by atoms with Crippen molar-refractivity contribution >= 4 is 0 Å². The second kappa shape index (κ2) is 4.11. The Morgan fingerprint density at radius 3 is 1.83 bits per heavy atom. The monoisotopic (exact) mass is 168 g/mol. The lowest BCUT2D eigenvalue weighted by Crippen LogP contribution is -2.13. The summed E-state index contributed by atoms with van der Waals surface area (Å²) in [5.74, 6) is 1.38. The molecule has 0 saturated heterocycles. The van der Waals surface area contributed by atoms with E-state index in [1.54, 1.807) is 0 Å². The Morgan fingerprint density at radius 2 is 1.58 bits per heavy atom. The van der Waals surface area contributed by atoms with Crippen LogP contribution in [0, 0.1) is 17.3 Å². The Labute approximate surface area is 78.1 Å². The summed E-state index contributed by atoms with van der Waals surface area (Å²) in [7, 11) is 0. The topological polar surface area (TPSA) is 0 Å². The van der Waals surface area contributed by atoms with Crippen molar-refractivity contribution in [1.29, 1.82) is 0 Å². The Balaban J connectivity index is 4.05. The maximum absolute atomic E-state index is 4.16. The van der Waals surface area contributed by atoms with E-state index in [2.05, 4.69) is 48.1 Å². The molecule has 12 heavy (non-hydrogen) atoms. The van der Waals surface area contributed by atoms with Crippen LogP contribution in [0.15, 0.2) is 12.2 Å². The summed E-state index contributed by atoms with van der Waals surface area (Å²) in [6.07, 6.45) is 1.15. The molecule has 0 bridgehead atoms. The number of allylic oxidation sites excluding steroid dienone is 1. The van der Waals surface area contributed by atoms with Gasteiger partial charge in [0.05, 0.1) is 0 Å². The van der Waals surface area contributed by atoms with E-state index in [0.29, 0.717) is 11.3 Å². The van der Waals surface area contributed by atoms with Crippen LogP contribution in [-0.4, -0.2) is 0 Å². The molecule has 0 heterocycles. The van der Waals surface area contributed by atoms with Gasteiger partial charge in [-0.1, -0.05) is 53.7 Å². The van der Waals surface area contributed by atoms with Crippen LogP contribution in [-0.2, 0) is 0 Å². The Hall–Kier alpha value is -0.260. The van der Waals surface area contributed by atoms with E-state index in [-0.39, 0.29) is 0 Å². The third-order valence-electron chi connectivity index (χ3n) is 2.40. The standard InChI is InChI=1S/C12H24/c1-9(2)11(4)10(3)8-12(5,6)7/h9,11H,3,8H2,1-2,4-7H3. The first-order valence-corrected chi connectivity index (χ1v) is 4.91. The quantitative estimate of drug-likeness (QED) is 0.552. The van der Waals surface area contributed by atoms with Gasteiger partial charge in [0.25, 0.3) is 0 Å². The number of hydrogen-bond donors (Lipinski definition) is 0. The van der Waals surface area contributed by atoms with E-state index in [1.165, 1.54) is 5.57 Å². The van der Waals surface area contributed by atoms with Crippen LogP contribution in [0.5, 0.6) is 0 Å². The Kier molecular flexibility index (Phi) is 4.02. The smallest absolute Gasteiger partial charge is 0.0211 e. The molecule has 0 spiro atoms. The average Bonchev–Trinajstić information content (AvgIpc) is 1.82. The van der Waals surface area contributed by atoms with Crippen LogP contribution in [0.3, 0.4) is 0 Å². The van der Waals surface area contributed by atoms with Crippen LogP contribution < -0.4 is 0 Å². The summed E-state index contributed by atoms with van der Waals surface area (Å²) >= 11 is 0. The fourth-order valence-electron chi connectivity index (χ4n) is 1.31. The van der Waals surface area contributed by atoms with E-state index >= 15 is 0 Å². The first-order valence-electron chi connectivity index (χ1n) is 4.91. The van der Waals surface area contributed by atoms with Crippen molar-refractivity contribution in [2.45, 2.75) is 48.0 Å². The molecular weight excluding hydrogens is 144 g/mol. The predicted octanol–water partition coefficient (Wildman–Crippen LogP) is 4.27. The molecule has 0 radical (unpaired) electrons. The summed E-state index contributed by atoms with van der Waals surface area (Å²) < 4.78 is 0. The molecular formula is C12H24. The Bertz CT molecular complexity index is 146. The minimum Gasteiger partial charge on any atom is -0.0996 e. The average molecular weight is 168 g/mol. The van der Waals surface area contributed by atoms with Gasteiger partial charge >= 0.3 is 0 Å². The third kappa shape index (κ3) is 4.58. The SMILES string of the molecule is C=C(CC(C)(C)C)C(C)C(C)C. The van der Waals surface area contributed by atoms with E-state index in [1.807, 2.05) is 0 Å². The van der Waals surface area contributed by atoms with Crippen LogP contribution in [0.25, 0.3) is 0 Å². The normalized spacial score (nSPS) is 14.9. The highest BCUT2D eigenvalue weighted by molar-refractivity contribution is 5.02. The molecule has 0 fully saturated rings. The van der Waals surface area contributed by atoms with E-state index in [9.17, 15) is 0 Å². The fourth-order valence-corrected chi connectivity index (χ4v) is 1.31. The molecule has 0 saturated carbocycles. The highest BCUT2D eigenvalue weighted by Gasteiger charge is 2.17. The minimum atomic E-state index is 0.389. The highest BCUT2D eigenvalue weighted by atomic mass is 14.2. The van der Waals surface area contributed by atoms with E-state index in [4.69, 9.17) is 0 Å². The van der Waals surface area contributed by atoms with Gasteiger partial charge in [-0.3, -0.25) is 0 Å². The van der Waals surface area contributed by atoms with Crippen LogP contribution in [0.4, 0.5) is 0 Å². The molecule has 0 N–H and O–H groups in total. The van der Waals surface area contributed by atoms with Crippen LogP contribution in [0.2, 0.25) is 0 Å². The molecule has 0 nitrogen and oxygen atoms in total. The van der Waals surface area contributed by atoms with Crippen molar-refractivity contribution in [3.63, 3.8) is 0 Å². The third-order valence-corrected chi connectivity index (χ3v) is 2.40. The van der Waals surface area contributed by atoms with Gasteiger partial charge in [-0.15, -0.1) is 0 Å². The summed E-state index contributed by atoms with van der Waals surface area (Å²) in [6.45, 7) is 17.8. The molecule has 0 aliphatic rings. The van der Waals surface area contributed by atoms with Crippen LogP contribution >= 0.6 is 0 Å². The lowest BCUT2D eigenvalue weighted by molar-refractivity contribution is 0.367. The summed E-state index contributed by atoms with van der Waals surface area (Å²) in [6, 6.07) is 0. The highest BCUT2D eigenvalue weighted by Crippen LogP contribution is 2.30. The minimum absolute atomic E-state index is 0.389. The van der Waals surface area contributed by atoms with Gasteiger partial charge in [-0.2, -0.15) is 0 Å². The zero-order chi connectivity index (χ0) is 9.94. The molecule has 0 heteroatoms. The molecule has 72 valence electrons. The zero-order valence-electron chi connectivity index (χ0n) is 9.57. The molecule has 0 aromatic heterocycles. The molecule has 0 amide bonds. The van der Waals surface area contributed by atoms with Gasteiger partial charge in [-0.25, -0.2) is 0 Å². The van der Waals surface area contributed by atoms with Gasteiger partial charge < -0.3 is 0 Å². The summed E-state index contributed by atoms with van der Waals surface area (Å²) in [5, 5.41) is 0. The predicted molar refractivity (Wildman–Crippen MR) is 57.2 cm³/mol. The second-order valence-corrected chi connectivity index (χ2v) is 5.43. The largest absolute Gasteiger partial charge is 0.0996 e. The maximum atomic E-state index is 4.16. The maximum Gasteiger partial charge on any atom is -0.0211 e. The summed E-state index contributed by atoms with van der Waals surface area (Å²) in [4.78, 5) is 0. The van der Waals surface area contributed by atoms with Gasteiger partial charge in [-0.05, 0) is 23.7 Å². The van der Waals surface area contributed by atoms with Crippen molar-refractivity contribution in [3.05, 3.63) is 12.2 Å². The Morgan fingerprint density at radius 1 is 1.17 bits per heavy atom. The number of hydrogen-bond acceptors (Lipinski definition) is 0. The van der Waals surface area contributed by atoms with Crippen molar-refractivity contribution in [1.82, 2.24) is 0 Å².